The fraction of sp³-hybridized carbons (Fsp3) is 0.267. The van der Waals surface area contributed by atoms with Gasteiger partial charge in [0, 0.05) is 39.5 Å². The Labute approximate surface area is 229 Å². The van der Waals surface area contributed by atoms with Crippen LogP contribution in [0.2, 0.25) is 5.02 Å². The number of ether oxygens (including phenoxy) is 1. The molecule has 4 aromatic rings. The first-order valence-corrected chi connectivity index (χ1v) is 13.3. The van der Waals surface area contributed by atoms with E-state index in [1.54, 1.807) is 0 Å². The number of anilines is 1. The van der Waals surface area contributed by atoms with Crippen LogP contribution in [-0.2, 0) is 0 Å². The minimum absolute atomic E-state index is 0.0987. The summed E-state index contributed by atoms with van der Waals surface area (Å²) < 4.78 is 8.17. The van der Waals surface area contributed by atoms with E-state index >= 15 is 0 Å². The Kier molecular flexibility index (Phi) is 6.97. The maximum atomic E-state index is 6.38. The zero-order valence-electron chi connectivity index (χ0n) is 21.7. The minimum atomic E-state index is -0.118. The van der Waals surface area contributed by atoms with Crippen LogP contribution < -0.4 is 15.0 Å². The smallest absolute Gasteiger partial charge is 0.174 e. The van der Waals surface area contributed by atoms with Crippen molar-refractivity contribution in [3.05, 3.63) is 106 Å². The number of benzene rings is 2. The summed E-state index contributed by atoms with van der Waals surface area (Å²) in [5, 5.41) is 4.96. The van der Waals surface area contributed by atoms with Crippen LogP contribution >= 0.6 is 23.8 Å². The van der Waals surface area contributed by atoms with Crippen LogP contribution in [0.1, 0.15) is 54.1 Å². The first-order valence-electron chi connectivity index (χ1n) is 12.5. The van der Waals surface area contributed by atoms with Crippen molar-refractivity contribution < 1.29 is 4.74 Å². The summed E-state index contributed by atoms with van der Waals surface area (Å²) in [6.45, 7) is 10.6. The van der Waals surface area contributed by atoms with Crippen LogP contribution in [0.4, 0.5) is 5.69 Å². The van der Waals surface area contributed by atoms with Crippen LogP contribution in [0.3, 0.4) is 0 Å². The van der Waals surface area contributed by atoms with E-state index in [-0.39, 0.29) is 18.2 Å². The van der Waals surface area contributed by atoms with Gasteiger partial charge in [-0.3, -0.25) is 4.98 Å². The molecule has 1 N–H and O–H groups in total. The number of nitrogens with one attached hydrogen (secondary N) is 1. The lowest BCUT2D eigenvalue weighted by molar-refractivity contribution is 0.242. The fourth-order valence-corrected chi connectivity index (χ4v) is 5.86. The molecule has 1 saturated heterocycles. The number of pyridine rings is 1. The van der Waals surface area contributed by atoms with Gasteiger partial charge in [-0.1, -0.05) is 23.7 Å². The molecule has 0 bridgehead atoms. The van der Waals surface area contributed by atoms with Crippen LogP contribution in [0.25, 0.3) is 5.69 Å². The van der Waals surface area contributed by atoms with Gasteiger partial charge in [-0.25, -0.2) is 0 Å². The molecule has 1 aliphatic rings. The van der Waals surface area contributed by atoms with Gasteiger partial charge in [-0.2, -0.15) is 0 Å². The predicted octanol–water partition coefficient (Wildman–Crippen LogP) is 7.42. The van der Waals surface area contributed by atoms with Gasteiger partial charge < -0.3 is 19.5 Å². The topological polar surface area (TPSA) is 42.3 Å². The molecule has 2 aromatic heterocycles. The third-order valence-corrected chi connectivity index (χ3v) is 7.50. The predicted molar refractivity (Wildman–Crippen MR) is 155 cm³/mol. The van der Waals surface area contributed by atoms with Gasteiger partial charge in [0.15, 0.2) is 5.11 Å². The first-order chi connectivity index (χ1) is 17.8. The highest BCUT2D eigenvalue weighted by Gasteiger charge is 2.43. The van der Waals surface area contributed by atoms with Crippen LogP contribution in [0.15, 0.2) is 72.9 Å². The minimum Gasteiger partial charge on any atom is -0.491 e. The normalized spacial score (nSPS) is 17.4. The van der Waals surface area contributed by atoms with Crippen molar-refractivity contribution in [2.45, 2.75) is 52.8 Å². The van der Waals surface area contributed by atoms with Crippen molar-refractivity contribution in [3.8, 4) is 11.4 Å². The van der Waals surface area contributed by atoms with E-state index in [0.717, 1.165) is 28.5 Å². The second kappa shape index (κ2) is 10.2. The van der Waals surface area contributed by atoms with E-state index in [2.05, 4.69) is 59.8 Å². The standard InChI is InChI=1S/C30H31ClN4OS/c1-18(2)36-25-14-12-23(13-15-25)35-29(28(33-30(35)37)26-11-6-7-16-32-26)27-19(3)20(4)34(21(27)5)24-10-8-9-22(31)17-24/h6-18,28-29H,1-5H3,(H,33,37)/t28-,29-/m1/s1. The second-order valence-electron chi connectivity index (χ2n) is 9.68. The van der Waals surface area contributed by atoms with Crippen molar-refractivity contribution in [2.75, 3.05) is 4.90 Å². The Morgan fingerprint density at radius 2 is 1.70 bits per heavy atom. The first kappa shape index (κ1) is 25.3. The Hall–Kier alpha value is -3.35. The summed E-state index contributed by atoms with van der Waals surface area (Å²) in [6, 6.07) is 21.9. The molecule has 190 valence electrons. The Morgan fingerprint density at radius 1 is 0.946 bits per heavy atom. The molecule has 37 heavy (non-hydrogen) atoms. The summed E-state index contributed by atoms with van der Waals surface area (Å²) >= 11 is 12.3. The van der Waals surface area contributed by atoms with Crippen LogP contribution in [0.5, 0.6) is 5.75 Å². The molecular formula is C30H31ClN4OS. The highest BCUT2D eigenvalue weighted by Crippen LogP contribution is 2.45. The molecule has 0 spiro atoms. The Morgan fingerprint density at radius 3 is 2.35 bits per heavy atom. The molecule has 1 fully saturated rings. The molecule has 2 atom stereocenters. The molecule has 3 heterocycles. The van der Waals surface area contributed by atoms with Crippen molar-refractivity contribution in [2.24, 2.45) is 0 Å². The molecule has 0 saturated carbocycles. The zero-order valence-corrected chi connectivity index (χ0v) is 23.3. The van der Waals surface area contributed by atoms with Gasteiger partial charge in [0.05, 0.1) is 23.9 Å². The van der Waals surface area contributed by atoms with Crippen LogP contribution in [0, 0.1) is 20.8 Å². The largest absolute Gasteiger partial charge is 0.491 e. The monoisotopic (exact) mass is 530 g/mol. The van der Waals surface area contributed by atoms with E-state index in [4.69, 9.17) is 33.5 Å². The molecule has 0 aliphatic carbocycles. The Bertz CT molecular complexity index is 1430. The highest BCUT2D eigenvalue weighted by molar-refractivity contribution is 7.80. The van der Waals surface area contributed by atoms with Crippen molar-refractivity contribution in [1.29, 1.82) is 0 Å². The third-order valence-electron chi connectivity index (χ3n) is 6.95. The fourth-order valence-electron chi connectivity index (χ4n) is 5.33. The number of aromatic nitrogens is 2. The van der Waals surface area contributed by atoms with Gasteiger partial charge in [0.2, 0.25) is 0 Å². The van der Waals surface area contributed by atoms with Gasteiger partial charge in [-0.15, -0.1) is 0 Å². The molecule has 5 rings (SSSR count). The summed E-state index contributed by atoms with van der Waals surface area (Å²) in [5.74, 6) is 0.838. The summed E-state index contributed by atoms with van der Waals surface area (Å²) in [6.07, 6.45) is 1.95. The quantitative estimate of drug-likeness (QED) is 0.263. The van der Waals surface area contributed by atoms with Gasteiger partial charge in [-0.05, 0) is 107 Å². The molecule has 0 unspecified atom stereocenters. The van der Waals surface area contributed by atoms with Gasteiger partial charge >= 0.3 is 0 Å². The lowest BCUT2D eigenvalue weighted by atomic mass is 9.93. The lowest BCUT2D eigenvalue weighted by Gasteiger charge is -2.29. The molecule has 5 nitrogen and oxygen atoms in total. The number of rotatable bonds is 6. The zero-order chi connectivity index (χ0) is 26.3. The molecule has 0 radical (unpaired) electrons. The average Bonchev–Trinajstić information content (AvgIpc) is 3.32. The maximum Gasteiger partial charge on any atom is 0.174 e. The van der Waals surface area contributed by atoms with Crippen molar-refractivity contribution in [1.82, 2.24) is 14.9 Å². The van der Waals surface area contributed by atoms with Crippen molar-refractivity contribution in [3.63, 3.8) is 0 Å². The lowest BCUT2D eigenvalue weighted by Crippen LogP contribution is -2.29. The third kappa shape index (κ3) is 4.72. The Balaban J connectivity index is 1.67. The number of hydrogen-bond donors (Lipinski definition) is 1. The number of nitrogens with zero attached hydrogens (tertiary/aromatic N) is 3. The SMILES string of the molecule is Cc1c([C@@H]2[C@@H](c3ccccn3)NC(=S)N2c2ccc(OC(C)C)cc2)c(C)n(-c2cccc(Cl)c2)c1C. The second-order valence-corrected chi connectivity index (χ2v) is 10.5. The number of hydrogen-bond acceptors (Lipinski definition) is 3. The van der Waals surface area contributed by atoms with Crippen molar-refractivity contribution >= 4 is 34.6 Å². The van der Waals surface area contributed by atoms with Gasteiger partial charge in [0.25, 0.3) is 0 Å². The molecule has 7 heteroatoms. The van der Waals surface area contributed by atoms with Crippen LogP contribution in [-0.4, -0.2) is 20.8 Å². The number of halogens is 1. The molecular weight excluding hydrogens is 500 g/mol. The summed E-state index contributed by atoms with van der Waals surface area (Å²) in [7, 11) is 0. The maximum absolute atomic E-state index is 6.38. The van der Waals surface area contributed by atoms with E-state index in [0.29, 0.717) is 10.1 Å². The van der Waals surface area contributed by atoms with E-state index in [9.17, 15) is 0 Å². The molecule has 0 amide bonds. The van der Waals surface area contributed by atoms with E-state index in [1.165, 1.54) is 16.8 Å². The van der Waals surface area contributed by atoms with E-state index < -0.39 is 0 Å². The van der Waals surface area contributed by atoms with E-state index in [1.807, 2.05) is 62.5 Å². The number of thiocarbonyl (C=S) groups is 1. The highest BCUT2D eigenvalue weighted by atomic mass is 35.5. The van der Waals surface area contributed by atoms with Gasteiger partial charge in [0.1, 0.15) is 5.75 Å². The summed E-state index contributed by atoms with van der Waals surface area (Å²) in [5.41, 5.74) is 7.77. The molecule has 1 aliphatic heterocycles. The molecule has 2 aromatic carbocycles. The average molecular weight is 531 g/mol. The summed E-state index contributed by atoms with van der Waals surface area (Å²) in [4.78, 5) is 6.92.